The normalized spacial score (nSPS) is 12.8. The maximum atomic E-state index is 12.1. The predicted molar refractivity (Wildman–Crippen MR) is 78.7 cm³/mol. The van der Waals surface area contributed by atoms with Crippen LogP contribution in [-0.4, -0.2) is 47.2 Å². The summed E-state index contributed by atoms with van der Waals surface area (Å²) in [5.41, 5.74) is -4.72. The molecule has 1 aromatic rings. The Morgan fingerprint density at radius 3 is 1.71 bits per heavy atom. The summed E-state index contributed by atoms with van der Waals surface area (Å²) in [7, 11) is 2.48. The lowest BCUT2D eigenvalue weighted by Gasteiger charge is -2.30. The molecule has 1 rings (SSSR count). The molecular formula is C13H19N3O8. The molecule has 0 fully saturated rings. The molecule has 0 aliphatic carbocycles. The largest absolute Gasteiger partial charge is 0.481 e. The molecule has 11 heteroatoms. The van der Waals surface area contributed by atoms with Gasteiger partial charge in [0.05, 0.1) is 12.5 Å². The smallest absolute Gasteiger partial charge is 0.346 e. The topological polar surface area (TPSA) is 161 Å². The lowest BCUT2D eigenvalue weighted by atomic mass is 9.72. The van der Waals surface area contributed by atoms with Crippen LogP contribution < -0.4 is 11.4 Å². The highest BCUT2D eigenvalue weighted by atomic mass is 16.4. The summed E-state index contributed by atoms with van der Waals surface area (Å²) in [4.78, 5) is 59.0. The van der Waals surface area contributed by atoms with Gasteiger partial charge in [0.15, 0.2) is 5.41 Å². The molecule has 1 heterocycles. The average molecular weight is 345 g/mol. The second kappa shape index (κ2) is 6.72. The maximum absolute atomic E-state index is 12.1. The number of nitrogens with zero attached hydrogens (tertiary/aromatic N) is 3. The summed E-state index contributed by atoms with van der Waals surface area (Å²) in [5.74, 6) is -7.28. The molecule has 0 saturated heterocycles. The van der Waals surface area contributed by atoms with Gasteiger partial charge in [-0.15, -0.1) is 0 Å². The zero-order chi connectivity index (χ0) is 18.8. The van der Waals surface area contributed by atoms with Crippen LogP contribution >= 0.6 is 0 Å². The molecule has 0 aliphatic rings. The first-order valence-electron chi connectivity index (χ1n) is 7.04. The molecule has 0 amide bonds. The Bertz CT molecular complexity index is 737. The van der Waals surface area contributed by atoms with Gasteiger partial charge in [0.1, 0.15) is 0 Å². The van der Waals surface area contributed by atoms with Gasteiger partial charge in [-0.3, -0.25) is 14.4 Å². The van der Waals surface area contributed by atoms with E-state index < -0.39 is 47.2 Å². The van der Waals surface area contributed by atoms with Crippen LogP contribution in [0, 0.1) is 11.3 Å². The van der Waals surface area contributed by atoms with Crippen molar-refractivity contribution in [1.82, 2.24) is 13.9 Å². The van der Waals surface area contributed by atoms with Crippen LogP contribution in [-0.2, 0) is 35.0 Å². The van der Waals surface area contributed by atoms with Gasteiger partial charge >= 0.3 is 29.3 Å². The Morgan fingerprint density at radius 1 is 1.00 bits per heavy atom. The second-order valence-corrected chi connectivity index (χ2v) is 5.46. The van der Waals surface area contributed by atoms with Crippen molar-refractivity contribution < 1.29 is 29.7 Å². The van der Waals surface area contributed by atoms with Crippen LogP contribution in [0.1, 0.15) is 19.8 Å². The average Bonchev–Trinajstić information content (AvgIpc) is 2.66. The van der Waals surface area contributed by atoms with Gasteiger partial charge in [0, 0.05) is 14.1 Å². The number of aromatic nitrogens is 3. The Hall–Kier alpha value is -2.85. The van der Waals surface area contributed by atoms with E-state index in [9.17, 15) is 39.3 Å². The highest BCUT2D eigenvalue weighted by Gasteiger charge is 2.57. The lowest BCUT2D eigenvalue weighted by molar-refractivity contribution is -0.178. The number of hydrogen-bond donors (Lipinski definition) is 3. The first-order valence-corrected chi connectivity index (χ1v) is 7.04. The van der Waals surface area contributed by atoms with E-state index in [1.807, 2.05) is 0 Å². The lowest BCUT2D eigenvalue weighted by Crippen LogP contribution is -2.54. The first-order chi connectivity index (χ1) is 11.0. The third-order valence-corrected chi connectivity index (χ3v) is 4.11. The number of carbonyl (C=O) groups is 3. The molecule has 3 N–H and O–H groups in total. The second-order valence-electron chi connectivity index (χ2n) is 5.46. The van der Waals surface area contributed by atoms with Crippen LogP contribution in [0.15, 0.2) is 9.59 Å². The standard InChI is InChI=1S/C13H19N3O8/c1-4-5-7(8(17)18)13(9(19)20,10(21)22)6-16-11(23)14(2)15(3)12(16)24/h7H,4-6H2,1-3H3,(H,17,18)(H,19,20)(H,21,22). The fourth-order valence-electron chi connectivity index (χ4n) is 2.58. The molecule has 0 bridgehead atoms. The molecule has 1 atom stereocenters. The van der Waals surface area contributed by atoms with Gasteiger partial charge in [-0.05, 0) is 6.42 Å². The third-order valence-electron chi connectivity index (χ3n) is 4.11. The highest BCUT2D eigenvalue weighted by molar-refractivity contribution is 6.02. The SMILES string of the molecule is CCCC(C(=O)O)C(Cn1c(=O)n(C)n(C)c1=O)(C(=O)O)C(=O)O. The maximum Gasteiger partial charge on any atom is 0.346 e. The summed E-state index contributed by atoms with van der Waals surface area (Å²) in [6.45, 7) is 0.485. The molecule has 134 valence electrons. The molecule has 1 unspecified atom stereocenters. The van der Waals surface area contributed by atoms with E-state index in [2.05, 4.69) is 0 Å². The Labute approximate surface area is 135 Å². The van der Waals surface area contributed by atoms with E-state index >= 15 is 0 Å². The Kier molecular flexibility index (Phi) is 5.38. The number of carboxylic acid groups (broad SMARTS) is 3. The quantitative estimate of drug-likeness (QED) is 0.482. The highest BCUT2D eigenvalue weighted by Crippen LogP contribution is 2.34. The van der Waals surface area contributed by atoms with E-state index in [0.717, 1.165) is 9.36 Å². The summed E-state index contributed by atoms with van der Waals surface area (Å²) >= 11 is 0. The molecule has 24 heavy (non-hydrogen) atoms. The van der Waals surface area contributed by atoms with Crippen LogP contribution in [0.4, 0.5) is 0 Å². The minimum Gasteiger partial charge on any atom is -0.481 e. The fourth-order valence-corrected chi connectivity index (χ4v) is 2.58. The van der Waals surface area contributed by atoms with Crippen molar-refractivity contribution in [3.05, 3.63) is 21.0 Å². The van der Waals surface area contributed by atoms with E-state index in [1.54, 1.807) is 6.92 Å². The van der Waals surface area contributed by atoms with Gasteiger partial charge in [0.2, 0.25) is 0 Å². The van der Waals surface area contributed by atoms with Crippen molar-refractivity contribution in [2.24, 2.45) is 25.4 Å². The van der Waals surface area contributed by atoms with E-state index in [1.165, 1.54) is 14.1 Å². The van der Waals surface area contributed by atoms with Crippen LogP contribution in [0.25, 0.3) is 0 Å². The van der Waals surface area contributed by atoms with Crippen molar-refractivity contribution in [2.75, 3.05) is 0 Å². The van der Waals surface area contributed by atoms with E-state index in [0.29, 0.717) is 4.57 Å². The fraction of sp³-hybridized carbons (Fsp3) is 0.615. The molecule has 11 nitrogen and oxygen atoms in total. The van der Waals surface area contributed by atoms with Gasteiger partial charge in [-0.2, -0.15) is 0 Å². The molecule has 0 spiro atoms. The van der Waals surface area contributed by atoms with Gasteiger partial charge in [-0.25, -0.2) is 23.5 Å². The molecule has 0 aliphatic heterocycles. The van der Waals surface area contributed by atoms with Crippen molar-refractivity contribution in [2.45, 2.75) is 26.3 Å². The van der Waals surface area contributed by atoms with Gasteiger partial charge < -0.3 is 15.3 Å². The van der Waals surface area contributed by atoms with E-state index in [4.69, 9.17) is 0 Å². The molecule has 0 saturated carbocycles. The Balaban J connectivity index is 3.68. The summed E-state index contributed by atoms with van der Waals surface area (Å²) in [6, 6.07) is 0. The summed E-state index contributed by atoms with van der Waals surface area (Å²) < 4.78 is 2.16. The predicted octanol–water partition coefficient (Wildman–Crippen LogP) is -1.46. The van der Waals surface area contributed by atoms with Gasteiger partial charge in [-0.1, -0.05) is 13.3 Å². The van der Waals surface area contributed by atoms with Crippen molar-refractivity contribution >= 4 is 17.9 Å². The number of aliphatic carboxylic acids is 3. The Morgan fingerprint density at radius 2 is 1.42 bits per heavy atom. The molecule has 0 radical (unpaired) electrons. The number of carboxylic acids is 3. The molecule has 1 aromatic heterocycles. The summed E-state index contributed by atoms with van der Waals surface area (Å²) in [5, 5.41) is 28.3. The minimum atomic E-state index is -2.85. The summed E-state index contributed by atoms with van der Waals surface area (Å²) in [6.07, 6.45) is -0.0309. The zero-order valence-electron chi connectivity index (χ0n) is 13.4. The zero-order valence-corrected chi connectivity index (χ0v) is 13.4. The van der Waals surface area contributed by atoms with Crippen LogP contribution in [0.2, 0.25) is 0 Å². The number of rotatable bonds is 8. The van der Waals surface area contributed by atoms with Crippen molar-refractivity contribution in [3.8, 4) is 0 Å². The van der Waals surface area contributed by atoms with Gasteiger partial charge in [0.25, 0.3) is 0 Å². The van der Waals surface area contributed by atoms with Crippen LogP contribution in [0.5, 0.6) is 0 Å². The van der Waals surface area contributed by atoms with Crippen LogP contribution in [0.3, 0.4) is 0 Å². The minimum absolute atomic E-state index is 0.209. The number of hydrogen-bond acceptors (Lipinski definition) is 5. The monoisotopic (exact) mass is 345 g/mol. The van der Waals surface area contributed by atoms with E-state index in [-0.39, 0.29) is 12.8 Å². The molecular weight excluding hydrogens is 326 g/mol. The van der Waals surface area contributed by atoms with Crippen molar-refractivity contribution in [3.63, 3.8) is 0 Å². The third kappa shape index (κ3) is 2.84. The molecule has 0 aromatic carbocycles. The van der Waals surface area contributed by atoms with Crippen molar-refractivity contribution in [1.29, 1.82) is 0 Å². The first kappa shape index (κ1) is 19.2.